The molecule has 0 amide bonds. The molecule has 0 bridgehead atoms. The number of rotatable bonds is 2. The van der Waals surface area contributed by atoms with Gasteiger partial charge in [-0.2, -0.15) is 0 Å². The average Bonchev–Trinajstić information content (AvgIpc) is 2.03. The van der Waals surface area contributed by atoms with E-state index < -0.39 is 0 Å². The van der Waals surface area contributed by atoms with E-state index in [0.717, 1.165) is 18.6 Å². The Kier molecular flexibility index (Phi) is 2.93. The highest BCUT2D eigenvalue weighted by Crippen LogP contribution is 2.29. The Balaban J connectivity index is 2.80. The molecule has 12 heavy (non-hydrogen) atoms. The molecule has 0 aromatic carbocycles. The lowest BCUT2D eigenvalue weighted by molar-refractivity contribution is -0.206. The second-order valence-corrected chi connectivity index (χ2v) is 3.63. The van der Waals surface area contributed by atoms with Crippen LogP contribution in [0.3, 0.4) is 0 Å². The van der Waals surface area contributed by atoms with Crippen LogP contribution in [0.15, 0.2) is 23.0 Å². The lowest BCUT2D eigenvalue weighted by Gasteiger charge is -2.19. The smallest absolute Gasteiger partial charge is 0.145 e. The third-order valence-corrected chi connectivity index (χ3v) is 2.28. The molecule has 0 saturated carbocycles. The van der Waals surface area contributed by atoms with E-state index >= 15 is 0 Å². The predicted octanol–water partition coefficient (Wildman–Crippen LogP) is 3.13. The summed E-state index contributed by atoms with van der Waals surface area (Å²) in [6, 6.07) is 0. The minimum atomic E-state index is 0.455. The van der Waals surface area contributed by atoms with Gasteiger partial charge < -0.3 is 4.89 Å². The molecule has 0 fully saturated rings. The Labute approximate surface area is 73.5 Å². The second-order valence-electron chi connectivity index (χ2n) is 3.63. The molecular formula is C10H16O2. The van der Waals surface area contributed by atoms with E-state index in [4.69, 9.17) is 5.26 Å². The van der Waals surface area contributed by atoms with Crippen molar-refractivity contribution in [2.45, 2.75) is 33.6 Å². The van der Waals surface area contributed by atoms with Gasteiger partial charge >= 0.3 is 0 Å². The van der Waals surface area contributed by atoms with Crippen LogP contribution in [0.4, 0.5) is 0 Å². The van der Waals surface area contributed by atoms with Crippen LogP contribution >= 0.6 is 0 Å². The maximum atomic E-state index is 8.64. The summed E-state index contributed by atoms with van der Waals surface area (Å²) in [6.07, 6.45) is 3.86. The third kappa shape index (κ3) is 1.89. The summed E-state index contributed by atoms with van der Waals surface area (Å²) in [5.74, 6) is 1.20. The Morgan fingerprint density at radius 1 is 1.50 bits per heavy atom. The molecule has 68 valence electrons. The van der Waals surface area contributed by atoms with E-state index in [9.17, 15) is 0 Å². The molecule has 0 aromatic heterocycles. The zero-order valence-corrected chi connectivity index (χ0v) is 7.92. The van der Waals surface area contributed by atoms with Crippen LogP contribution in [0, 0.1) is 5.92 Å². The average molecular weight is 168 g/mol. The van der Waals surface area contributed by atoms with Crippen molar-refractivity contribution in [2.24, 2.45) is 5.92 Å². The summed E-state index contributed by atoms with van der Waals surface area (Å²) in [4.78, 5) is 4.37. The van der Waals surface area contributed by atoms with Crippen LogP contribution in [0.5, 0.6) is 0 Å². The topological polar surface area (TPSA) is 29.5 Å². The fourth-order valence-electron chi connectivity index (χ4n) is 1.49. The first-order chi connectivity index (χ1) is 5.65. The lowest BCUT2D eigenvalue weighted by Crippen LogP contribution is -2.05. The number of hydrogen-bond acceptors (Lipinski definition) is 2. The minimum Gasteiger partial charge on any atom is -0.344 e. The van der Waals surface area contributed by atoms with Gasteiger partial charge in [0, 0.05) is 6.42 Å². The third-order valence-electron chi connectivity index (χ3n) is 2.28. The minimum absolute atomic E-state index is 0.455. The van der Waals surface area contributed by atoms with Crippen molar-refractivity contribution >= 4 is 0 Å². The monoisotopic (exact) mass is 168 g/mol. The second kappa shape index (κ2) is 3.76. The molecule has 0 aliphatic heterocycles. The first-order valence-corrected chi connectivity index (χ1v) is 4.34. The van der Waals surface area contributed by atoms with Crippen molar-refractivity contribution in [1.82, 2.24) is 0 Å². The highest BCUT2D eigenvalue weighted by molar-refractivity contribution is 5.25. The van der Waals surface area contributed by atoms with Gasteiger partial charge in [0.05, 0.1) is 0 Å². The molecule has 0 atom stereocenters. The molecule has 0 unspecified atom stereocenters. The summed E-state index contributed by atoms with van der Waals surface area (Å²) in [6.45, 7) is 6.28. The SMILES string of the molecule is CC1=CCC(C(C)C)=C(OO)C1. The largest absolute Gasteiger partial charge is 0.344 e. The summed E-state index contributed by atoms with van der Waals surface area (Å²) in [5, 5.41) is 8.64. The van der Waals surface area contributed by atoms with Gasteiger partial charge in [0.2, 0.25) is 0 Å². The summed E-state index contributed by atoms with van der Waals surface area (Å²) in [5.41, 5.74) is 2.48. The molecule has 0 aromatic rings. The van der Waals surface area contributed by atoms with E-state index in [0.29, 0.717) is 5.92 Å². The van der Waals surface area contributed by atoms with Gasteiger partial charge in [0.15, 0.2) is 0 Å². The Bertz CT molecular complexity index is 224. The van der Waals surface area contributed by atoms with Crippen LogP contribution in [-0.2, 0) is 4.89 Å². The molecule has 1 N–H and O–H groups in total. The van der Waals surface area contributed by atoms with Crippen molar-refractivity contribution < 1.29 is 10.1 Å². The van der Waals surface area contributed by atoms with Gasteiger partial charge in [-0.15, -0.1) is 0 Å². The quantitative estimate of drug-likeness (QED) is 0.390. The number of hydrogen-bond donors (Lipinski definition) is 1. The van der Waals surface area contributed by atoms with Crippen LogP contribution in [0.2, 0.25) is 0 Å². The summed E-state index contributed by atoms with van der Waals surface area (Å²) in [7, 11) is 0. The normalized spacial score (nSPS) is 18.2. The van der Waals surface area contributed by atoms with Gasteiger partial charge in [-0.3, -0.25) is 0 Å². The first kappa shape index (κ1) is 9.33. The Morgan fingerprint density at radius 3 is 2.67 bits per heavy atom. The maximum absolute atomic E-state index is 8.64. The van der Waals surface area contributed by atoms with Crippen LogP contribution in [0.1, 0.15) is 33.6 Å². The molecule has 1 aliphatic carbocycles. The first-order valence-electron chi connectivity index (χ1n) is 4.34. The van der Waals surface area contributed by atoms with E-state index in [-0.39, 0.29) is 0 Å². The fraction of sp³-hybridized carbons (Fsp3) is 0.600. The lowest BCUT2D eigenvalue weighted by atomic mass is 9.91. The molecule has 2 heteroatoms. The van der Waals surface area contributed by atoms with Gasteiger partial charge in [0.1, 0.15) is 5.76 Å². The predicted molar refractivity (Wildman–Crippen MR) is 48.6 cm³/mol. The number of allylic oxidation sites excluding steroid dienone is 3. The Morgan fingerprint density at radius 2 is 2.17 bits per heavy atom. The summed E-state index contributed by atoms with van der Waals surface area (Å²) < 4.78 is 0. The molecule has 0 heterocycles. The van der Waals surface area contributed by atoms with Crippen LogP contribution in [-0.4, -0.2) is 5.26 Å². The molecule has 1 rings (SSSR count). The van der Waals surface area contributed by atoms with Crippen LogP contribution in [0.25, 0.3) is 0 Å². The highest BCUT2D eigenvalue weighted by Gasteiger charge is 2.16. The zero-order chi connectivity index (χ0) is 9.14. The van der Waals surface area contributed by atoms with Crippen molar-refractivity contribution in [2.75, 3.05) is 0 Å². The molecule has 0 saturated heterocycles. The van der Waals surface area contributed by atoms with E-state index in [1.807, 2.05) is 0 Å². The van der Waals surface area contributed by atoms with Gasteiger partial charge in [-0.05, 0) is 24.8 Å². The fourth-order valence-corrected chi connectivity index (χ4v) is 1.49. The molecule has 1 aliphatic rings. The molecule has 0 radical (unpaired) electrons. The van der Waals surface area contributed by atoms with Crippen molar-refractivity contribution in [3.63, 3.8) is 0 Å². The molecule has 0 spiro atoms. The van der Waals surface area contributed by atoms with Crippen LogP contribution < -0.4 is 0 Å². The molecular weight excluding hydrogens is 152 g/mol. The molecule has 2 nitrogen and oxygen atoms in total. The highest BCUT2D eigenvalue weighted by atomic mass is 17.1. The zero-order valence-electron chi connectivity index (χ0n) is 7.92. The van der Waals surface area contributed by atoms with Crippen molar-refractivity contribution in [3.8, 4) is 0 Å². The van der Waals surface area contributed by atoms with Gasteiger partial charge in [0.25, 0.3) is 0 Å². The van der Waals surface area contributed by atoms with E-state index in [1.54, 1.807) is 0 Å². The standard InChI is InChI=1S/C10H16O2/c1-7(2)9-5-4-8(3)6-10(9)12-11/h4,7,11H,5-6H2,1-3H3. The van der Waals surface area contributed by atoms with Gasteiger partial charge in [-0.1, -0.05) is 25.5 Å². The van der Waals surface area contributed by atoms with E-state index in [2.05, 4.69) is 31.7 Å². The van der Waals surface area contributed by atoms with Crippen molar-refractivity contribution in [3.05, 3.63) is 23.0 Å². The van der Waals surface area contributed by atoms with Crippen molar-refractivity contribution in [1.29, 1.82) is 0 Å². The van der Waals surface area contributed by atoms with Gasteiger partial charge in [-0.25, -0.2) is 5.26 Å². The van der Waals surface area contributed by atoms with E-state index in [1.165, 1.54) is 11.1 Å². The maximum Gasteiger partial charge on any atom is 0.145 e. The Hall–Kier alpha value is -0.760. The summed E-state index contributed by atoms with van der Waals surface area (Å²) >= 11 is 0.